The van der Waals surface area contributed by atoms with Crippen LogP contribution in [-0.2, 0) is 0 Å². The van der Waals surface area contributed by atoms with Gasteiger partial charge in [-0.3, -0.25) is 0 Å². The molecular formula is C13H12N4O. The van der Waals surface area contributed by atoms with E-state index in [0.717, 1.165) is 27.9 Å². The Kier molecular flexibility index (Phi) is 2.19. The molecule has 0 bridgehead atoms. The Bertz CT molecular complexity index is 716. The highest BCUT2D eigenvalue weighted by molar-refractivity contribution is 5.99. The number of nitrogens with two attached hydrogens (primary N) is 2. The van der Waals surface area contributed by atoms with Gasteiger partial charge in [0.15, 0.2) is 0 Å². The third-order valence-corrected chi connectivity index (χ3v) is 2.83. The van der Waals surface area contributed by atoms with Crippen LogP contribution in [0.25, 0.3) is 22.2 Å². The van der Waals surface area contributed by atoms with Crippen LogP contribution in [0, 0.1) is 6.92 Å². The number of aromatic nitrogens is 2. The number of nitrogens with zero attached hydrogens (tertiary/aromatic N) is 2. The lowest BCUT2D eigenvalue weighted by molar-refractivity contribution is 0.443. The van der Waals surface area contributed by atoms with Crippen molar-refractivity contribution in [3.05, 3.63) is 36.0 Å². The van der Waals surface area contributed by atoms with Gasteiger partial charge in [0, 0.05) is 16.9 Å². The first-order chi connectivity index (χ1) is 8.65. The van der Waals surface area contributed by atoms with E-state index >= 15 is 0 Å². The number of hydrogen-bond acceptors (Lipinski definition) is 5. The zero-order valence-corrected chi connectivity index (χ0v) is 9.84. The molecule has 0 fully saturated rings. The summed E-state index contributed by atoms with van der Waals surface area (Å²) in [6.07, 6.45) is 0. The number of rotatable bonds is 1. The number of pyridine rings is 1. The molecule has 1 aromatic carbocycles. The molecule has 0 unspecified atom stereocenters. The lowest BCUT2D eigenvalue weighted by Crippen LogP contribution is -1.90. The topological polar surface area (TPSA) is 91.0 Å². The molecule has 5 nitrogen and oxygen atoms in total. The van der Waals surface area contributed by atoms with Crippen LogP contribution < -0.4 is 11.5 Å². The van der Waals surface area contributed by atoms with Gasteiger partial charge in [-0.1, -0.05) is 17.3 Å². The molecule has 2 aromatic heterocycles. The van der Waals surface area contributed by atoms with Crippen LogP contribution in [0.15, 0.2) is 34.9 Å². The second-order valence-electron chi connectivity index (χ2n) is 4.18. The second kappa shape index (κ2) is 3.73. The van der Waals surface area contributed by atoms with Crippen molar-refractivity contribution in [1.82, 2.24) is 10.1 Å². The smallest absolute Gasteiger partial charge is 0.232 e. The Hall–Kier alpha value is -2.56. The molecule has 0 spiro atoms. The third-order valence-electron chi connectivity index (χ3n) is 2.83. The molecule has 90 valence electrons. The van der Waals surface area contributed by atoms with E-state index in [4.69, 9.17) is 16.0 Å². The minimum atomic E-state index is 0.282. The van der Waals surface area contributed by atoms with E-state index in [1.165, 1.54) is 0 Å². The average molecular weight is 240 g/mol. The highest BCUT2D eigenvalue weighted by atomic mass is 16.5. The Morgan fingerprint density at radius 1 is 1.11 bits per heavy atom. The Morgan fingerprint density at radius 3 is 2.56 bits per heavy atom. The maximum atomic E-state index is 5.80. The number of nitrogen functional groups attached to an aromatic ring is 2. The summed E-state index contributed by atoms with van der Waals surface area (Å²) in [4.78, 5) is 4.29. The van der Waals surface area contributed by atoms with E-state index in [1.807, 2.05) is 37.3 Å². The van der Waals surface area contributed by atoms with Crippen molar-refractivity contribution >= 4 is 22.6 Å². The maximum Gasteiger partial charge on any atom is 0.232 e. The van der Waals surface area contributed by atoms with Crippen molar-refractivity contribution in [3.63, 3.8) is 0 Å². The van der Waals surface area contributed by atoms with Gasteiger partial charge in [0.1, 0.15) is 0 Å². The summed E-state index contributed by atoms with van der Waals surface area (Å²) in [6, 6.07) is 9.54. The first-order valence-corrected chi connectivity index (χ1v) is 5.53. The monoisotopic (exact) mass is 240 g/mol. The lowest BCUT2D eigenvalue weighted by Gasteiger charge is -2.05. The molecule has 3 rings (SSSR count). The first kappa shape index (κ1) is 10.6. The van der Waals surface area contributed by atoms with Gasteiger partial charge < -0.3 is 16.0 Å². The van der Waals surface area contributed by atoms with Crippen molar-refractivity contribution in [1.29, 1.82) is 0 Å². The molecule has 0 aliphatic heterocycles. The normalized spacial score (nSPS) is 10.9. The predicted molar refractivity (Wildman–Crippen MR) is 70.8 cm³/mol. The van der Waals surface area contributed by atoms with E-state index in [-0.39, 0.29) is 5.88 Å². The van der Waals surface area contributed by atoms with Gasteiger partial charge in [0.2, 0.25) is 11.5 Å². The molecule has 0 aliphatic rings. The van der Waals surface area contributed by atoms with Crippen molar-refractivity contribution in [2.45, 2.75) is 6.92 Å². The summed E-state index contributed by atoms with van der Waals surface area (Å²) < 4.78 is 5.00. The summed E-state index contributed by atoms with van der Waals surface area (Å²) in [5.41, 5.74) is 15.6. The number of hydrogen-bond donors (Lipinski definition) is 2. The van der Waals surface area contributed by atoms with Crippen molar-refractivity contribution < 1.29 is 4.52 Å². The van der Waals surface area contributed by atoms with Crippen molar-refractivity contribution in [2.24, 2.45) is 0 Å². The van der Waals surface area contributed by atoms with E-state index in [2.05, 4.69) is 10.1 Å². The average Bonchev–Trinajstić information content (AvgIpc) is 2.71. The number of benzene rings is 1. The minimum Gasteiger partial charge on any atom is -0.399 e. The molecule has 4 N–H and O–H groups in total. The quantitative estimate of drug-likeness (QED) is 0.637. The van der Waals surface area contributed by atoms with Crippen LogP contribution in [-0.4, -0.2) is 10.1 Å². The standard InChI is InChI=1S/C13H12N4O/c1-7-6-10(8-2-4-9(14)5-3-8)11-12(15)18-17-13(11)16-7/h2-6H,14-15H2,1H3. The highest BCUT2D eigenvalue weighted by Crippen LogP contribution is 2.32. The van der Waals surface area contributed by atoms with Crippen LogP contribution in [0.5, 0.6) is 0 Å². The number of aryl methyl sites for hydroxylation is 1. The largest absolute Gasteiger partial charge is 0.399 e. The van der Waals surface area contributed by atoms with Crippen LogP contribution in [0.3, 0.4) is 0 Å². The van der Waals surface area contributed by atoms with Gasteiger partial charge in [-0.15, -0.1) is 0 Å². The second-order valence-corrected chi connectivity index (χ2v) is 4.18. The van der Waals surface area contributed by atoms with E-state index < -0.39 is 0 Å². The Balaban J connectivity index is 2.33. The Labute approximate surface area is 103 Å². The van der Waals surface area contributed by atoms with Crippen LogP contribution in [0.4, 0.5) is 11.6 Å². The summed E-state index contributed by atoms with van der Waals surface area (Å²) in [6.45, 7) is 1.91. The van der Waals surface area contributed by atoms with Crippen LogP contribution in [0.2, 0.25) is 0 Å². The molecule has 0 radical (unpaired) electrons. The lowest BCUT2D eigenvalue weighted by atomic mass is 10.0. The molecule has 0 amide bonds. The molecule has 2 heterocycles. The zero-order chi connectivity index (χ0) is 12.7. The Morgan fingerprint density at radius 2 is 1.83 bits per heavy atom. The maximum absolute atomic E-state index is 5.80. The van der Waals surface area contributed by atoms with Crippen molar-refractivity contribution in [3.8, 4) is 11.1 Å². The van der Waals surface area contributed by atoms with Gasteiger partial charge in [-0.2, -0.15) is 0 Å². The summed E-state index contributed by atoms with van der Waals surface area (Å²) in [7, 11) is 0. The zero-order valence-electron chi connectivity index (χ0n) is 9.84. The third kappa shape index (κ3) is 1.57. The first-order valence-electron chi connectivity index (χ1n) is 5.53. The molecule has 0 saturated heterocycles. The van der Waals surface area contributed by atoms with E-state index in [1.54, 1.807) is 0 Å². The SMILES string of the molecule is Cc1cc(-c2ccc(N)cc2)c2c(N)onc2n1. The van der Waals surface area contributed by atoms with Gasteiger partial charge in [0.25, 0.3) is 0 Å². The van der Waals surface area contributed by atoms with Crippen LogP contribution >= 0.6 is 0 Å². The van der Waals surface area contributed by atoms with E-state index in [0.29, 0.717) is 5.65 Å². The molecule has 3 aromatic rings. The molecule has 18 heavy (non-hydrogen) atoms. The fourth-order valence-electron chi connectivity index (χ4n) is 1.99. The number of anilines is 2. The summed E-state index contributed by atoms with van der Waals surface area (Å²) >= 11 is 0. The van der Waals surface area contributed by atoms with Gasteiger partial charge in [-0.25, -0.2) is 4.98 Å². The van der Waals surface area contributed by atoms with Crippen LogP contribution in [0.1, 0.15) is 5.69 Å². The van der Waals surface area contributed by atoms with Gasteiger partial charge in [0.05, 0.1) is 5.39 Å². The molecular weight excluding hydrogens is 228 g/mol. The van der Waals surface area contributed by atoms with Crippen molar-refractivity contribution in [2.75, 3.05) is 11.5 Å². The molecule has 0 atom stereocenters. The van der Waals surface area contributed by atoms with Gasteiger partial charge >= 0.3 is 0 Å². The van der Waals surface area contributed by atoms with E-state index in [9.17, 15) is 0 Å². The fourth-order valence-corrected chi connectivity index (χ4v) is 1.99. The molecule has 0 saturated carbocycles. The fraction of sp³-hybridized carbons (Fsp3) is 0.0769. The summed E-state index contributed by atoms with van der Waals surface area (Å²) in [5, 5.41) is 4.59. The minimum absolute atomic E-state index is 0.282. The predicted octanol–water partition coefficient (Wildman–Crippen LogP) is 2.36. The highest BCUT2D eigenvalue weighted by Gasteiger charge is 2.13. The van der Waals surface area contributed by atoms with Gasteiger partial charge in [-0.05, 0) is 30.7 Å². The number of fused-ring (bicyclic) bond motifs is 1. The summed E-state index contributed by atoms with van der Waals surface area (Å²) in [5.74, 6) is 0.282. The molecule has 5 heteroatoms. The molecule has 0 aliphatic carbocycles.